The van der Waals surface area contributed by atoms with E-state index >= 15 is 0 Å². The number of halogens is 1. The average molecular weight is 653 g/mol. The summed E-state index contributed by atoms with van der Waals surface area (Å²) in [5.41, 5.74) is 0.989. The van der Waals surface area contributed by atoms with Gasteiger partial charge in [0.2, 0.25) is 0 Å². The standard InChI is InChI=1S/C21H22ClNO5.CH2O.CH3.Tl/c1-21(2,3)28-20(26)23-12-13-7-8-17(9-14(13)10-18(23)19(24)25)27-16-6-4-5-15(22)11-16;1-2;;/h4-9,11,18H,10,12H2,1-3H3,(H,24,25);1H2;1H3;. The first-order valence-corrected chi connectivity index (χ1v) is 14.6. The second kappa shape index (κ2) is 12.8. The molecule has 1 amide bonds. The maximum absolute atomic E-state index is 12.5. The molecule has 0 saturated carbocycles. The van der Waals surface area contributed by atoms with Crippen molar-refractivity contribution in [3.8, 4) is 11.5 Å². The van der Waals surface area contributed by atoms with Crippen molar-refractivity contribution in [1.82, 2.24) is 4.90 Å². The van der Waals surface area contributed by atoms with E-state index in [0.717, 1.165) is 11.1 Å². The summed E-state index contributed by atoms with van der Waals surface area (Å²) in [6.07, 6.45) is -0.457. The first-order chi connectivity index (χ1) is 15.1. The Labute approximate surface area is 209 Å². The summed E-state index contributed by atoms with van der Waals surface area (Å²) in [6, 6.07) is 11.5. The number of hydrogen-bond acceptors (Lipinski definition) is 5. The predicted molar refractivity (Wildman–Crippen MR) is 124 cm³/mol. The molecule has 0 aliphatic carbocycles. The minimum absolute atomic E-state index is 0.165. The molecule has 0 spiro atoms. The second-order valence-corrected chi connectivity index (χ2v) is 8.09. The van der Waals surface area contributed by atoms with Crippen LogP contribution < -0.4 is 4.74 Å². The SMILES string of the molecule is C=O.CC(C)(C)OC(=O)N1Cc2ccc(Oc3cccc(Cl)c3)cc2CC1C(=O)O.[CH3][Tl]. The Bertz CT molecular complexity index is 931. The van der Waals surface area contributed by atoms with Crippen molar-refractivity contribution in [2.45, 2.75) is 49.9 Å². The van der Waals surface area contributed by atoms with E-state index in [1.165, 1.54) is 30.7 Å². The number of fused-ring (bicyclic) bond motifs is 1. The molecule has 1 N–H and O–H groups in total. The fourth-order valence-electron chi connectivity index (χ4n) is 3.02. The van der Waals surface area contributed by atoms with Gasteiger partial charge in [0.25, 0.3) is 0 Å². The summed E-state index contributed by atoms with van der Waals surface area (Å²) in [7, 11) is 0. The number of carbonyl (C=O) groups excluding carboxylic acids is 2. The zero-order valence-electron chi connectivity index (χ0n) is 18.6. The van der Waals surface area contributed by atoms with E-state index in [9.17, 15) is 14.7 Å². The van der Waals surface area contributed by atoms with Crippen molar-refractivity contribution >= 4 is 56.2 Å². The number of carboxylic acid groups (broad SMARTS) is 1. The fraction of sp³-hybridized carbons (Fsp3) is 0.348. The molecule has 0 fully saturated rings. The van der Waals surface area contributed by atoms with Gasteiger partial charge in [0.1, 0.15) is 29.9 Å². The summed E-state index contributed by atoms with van der Waals surface area (Å²) in [5.74, 6) is 0.0990. The summed E-state index contributed by atoms with van der Waals surface area (Å²) in [4.78, 5) is 33.5. The van der Waals surface area contributed by atoms with E-state index < -0.39 is 23.7 Å². The van der Waals surface area contributed by atoms with Crippen molar-refractivity contribution in [3.63, 3.8) is 0 Å². The Kier molecular flexibility index (Phi) is 11.1. The molecule has 0 radical (unpaired) electrons. The summed E-state index contributed by atoms with van der Waals surface area (Å²) in [5, 5.41) is 10.2. The number of carboxylic acids is 1. The van der Waals surface area contributed by atoms with Gasteiger partial charge < -0.3 is 19.4 Å². The van der Waals surface area contributed by atoms with Gasteiger partial charge in [0.15, 0.2) is 0 Å². The normalized spacial score (nSPS) is 14.5. The third-order valence-corrected chi connectivity index (χ3v) is 4.49. The number of amides is 1. The van der Waals surface area contributed by atoms with Crippen LogP contribution in [0.4, 0.5) is 4.79 Å². The molecule has 32 heavy (non-hydrogen) atoms. The van der Waals surface area contributed by atoms with Gasteiger partial charge in [-0.15, -0.1) is 0 Å². The maximum atomic E-state index is 12.5. The molecule has 0 bridgehead atoms. The van der Waals surface area contributed by atoms with E-state index in [1.54, 1.807) is 57.2 Å². The quantitative estimate of drug-likeness (QED) is 0.475. The zero-order chi connectivity index (χ0) is 24.5. The molecule has 1 unspecified atom stereocenters. The molecule has 7 nitrogen and oxygen atoms in total. The summed E-state index contributed by atoms with van der Waals surface area (Å²) in [6.45, 7) is 7.41. The number of aliphatic carboxylic acids is 1. The fourth-order valence-corrected chi connectivity index (χ4v) is 3.20. The van der Waals surface area contributed by atoms with Crippen molar-refractivity contribution < 1.29 is 29.0 Å². The van der Waals surface area contributed by atoms with Crippen LogP contribution in [0.15, 0.2) is 42.5 Å². The molecule has 1 heterocycles. The van der Waals surface area contributed by atoms with Crippen LogP contribution in [0.25, 0.3) is 0 Å². The molecule has 9 heteroatoms. The molecule has 2 aromatic carbocycles. The molecule has 0 saturated heterocycles. The van der Waals surface area contributed by atoms with Crippen LogP contribution in [0, 0.1) is 0 Å². The van der Waals surface area contributed by atoms with Crippen molar-refractivity contribution in [2.75, 3.05) is 0 Å². The summed E-state index contributed by atoms with van der Waals surface area (Å²) >= 11 is 7.14. The number of nitrogens with zero attached hydrogens (tertiary/aromatic N) is 1. The van der Waals surface area contributed by atoms with Gasteiger partial charge in [-0.25, -0.2) is 9.59 Å². The Morgan fingerprint density at radius 3 is 2.28 bits per heavy atom. The van der Waals surface area contributed by atoms with E-state index in [1.807, 2.05) is 12.9 Å². The second-order valence-electron chi connectivity index (χ2n) is 7.66. The Balaban J connectivity index is 0.00000121. The Morgan fingerprint density at radius 1 is 1.09 bits per heavy atom. The molecular formula is C23H27ClNO6Tl. The molecule has 3 rings (SSSR count). The van der Waals surface area contributed by atoms with Crippen molar-refractivity contribution in [1.29, 1.82) is 0 Å². The molecule has 170 valence electrons. The van der Waals surface area contributed by atoms with Crippen LogP contribution in [-0.4, -0.2) is 66.3 Å². The van der Waals surface area contributed by atoms with E-state index in [2.05, 4.69) is 4.48 Å². The molecule has 1 atom stereocenters. The van der Waals surface area contributed by atoms with E-state index in [0.29, 0.717) is 16.5 Å². The van der Waals surface area contributed by atoms with Gasteiger partial charge in [-0.2, -0.15) is 0 Å². The van der Waals surface area contributed by atoms with Crippen LogP contribution in [0.5, 0.6) is 11.5 Å². The topological polar surface area (TPSA) is 93.1 Å². The number of carbonyl (C=O) groups is 3. The van der Waals surface area contributed by atoms with Crippen LogP contribution in [0.3, 0.4) is 0 Å². The number of rotatable bonds is 3. The Morgan fingerprint density at radius 2 is 1.72 bits per heavy atom. The predicted octanol–water partition coefficient (Wildman–Crippen LogP) is 4.90. The molecule has 0 aromatic heterocycles. The number of ether oxygens (including phenoxy) is 2. The monoisotopic (exact) mass is 653 g/mol. The van der Waals surface area contributed by atoms with Gasteiger partial charge in [-0.1, -0.05) is 23.7 Å². The number of hydrogen-bond donors (Lipinski definition) is 1. The summed E-state index contributed by atoms with van der Waals surface area (Å²) < 4.78 is 13.4. The van der Waals surface area contributed by atoms with Crippen LogP contribution in [-0.2, 0) is 27.3 Å². The van der Waals surface area contributed by atoms with Gasteiger partial charge in [0, 0.05) is 11.4 Å². The van der Waals surface area contributed by atoms with Gasteiger partial charge in [-0.3, -0.25) is 4.90 Å². The molecular weight excluding hydrogens is 626 g/mol. The van der Waals surface area contributed by atoms with E-state index in [-0.39, 0.29) is 13.0 Å². The zero-order valence-corrected chi connectivity index (χ0v) is 23.9. The van der Waals surface area contributed by atoms with Crippen molar-refractivity contribution in [2.24, 2.45) is 0 Å². The average Bonchev–Trinajstić information content (AvgIpc) is 2.74. The Hall–Kier alpha value is -2.14. The third-order valence-electron chi connectivity index (χ3n) is 4.25. The minimum atomic E-state index is -1.07. The first kappa shape index (κ1) is 27.9. The first-order valence-electron chi connectivity index (χ1n) is 9.76. The third kappa shape index (κ3) is 8.09. The van der Waals surface area contributed by atoms with Crippen LogP contribution >= 0.6 is 11.6 Å². The van der Waals surface area contributed by atoms with Gasteiger partial charge in [-0.05, 0) is 62.2 Å². The van der Waals surface area contributed by atoms with Gasteiger partial charge >= 0.3 is 42.3 Å². The van der Waals surface area contributed by atoms with Crippen LogP contribution in [0.2, 0.25) is 9.51 Å². The number of benzene rings is 2. The molecule has 1 aliphatic rings. The van der Waals surface area contributed by atoms with E-state index in [4.69, 9.17) is 25.9 Å². The molecule has 2 aromatic rings. The molecule has 1 aliphatic heterocycles. The van der Waals surface area contributed by atoms with Gasteiger partial charge in [0.05, 0.1) is 6.54 Å². The van der Waals surface area contributed by atoms with Crippen LogP contribution in [0.1, 0.15) is 31.9 Å². The van der Waals surface area contributed by atoms with Crippen molar-refractivity contribution in [3.05, 3.63) is 58.6 Å².